The number of hydrogen-bond donors (Lipinski definition) is 1. The number of amides is 2. The molecule has 28 heavy (non-hydrogen) atoms. The van der Waals surface area contributed by atoms with Crippen LogP contribution in [-0.2, 0) is 14.8 Å². The zero-order valence-corrected chi connectivity index (χ0v) is 16.3. The number of nitrogens with one attached hydrogen (secondary N) is 1. The molecule has 0 fully saturated rings. The molecule has 10 heteroatoms. The lowest BCUT2D eigenvalue weighted by molar-refractivity contribution is -0.115. The molecule has 1 aliphatic heterocycles. The van der Waals surface area contributed by atoms with Crippen molar-refractivity contribution in [2.75, 3.05) is 17.6 Å². The van der Waals surface area contributed by atoms with Crippen LogP contribution in [0.3, 0.4) is 0 Å². The lowest BCUT2D eigenvalue weighted by atomic mass is 10.2. The third-order valence-corrected chi connectivity index (χ3v) is 7.10. The monoisotopic (exact) mass is 426 g/mol. The number of benzene rings is 2. The lowest BCUT2D eigenvalue weighted by Crippen LogP contribution is -2.33. The number of nitrogens with zero attached hydrogens (tertiary/aromatic N) is 1. The summed E-state index contributed by atoms with van der Waals surface area (Å²) in [6.45, 7) is 1.51. The Morgan fingerprint density at radius 3 is 2.57 bits per heavy atom. The Kier molecular flexibility index (Phi) is 5.71. The minimum absolute atomic E-state index is 0.0193. The van der Waals surface area contributed by atoms with Crippen LogP contribution < -0.4 is 5.32 Å². The van der Waals surface area contributed by atoms with Crippen LogP contribution in [-0.4, -0.2) is 42.1 Å². The van der Waals surface area contributed by atoms with Crippen molar-refractivity contribution < 1.29 is 26.8 Å². The standard InChI is InChI=1S/C18H16F2N2O4S2/c1-11(17(23)21-12-6-7-14(19)15(20)10-12)27-9-8-22-18(24)13-4-2-3-5-16(13)28(22,25)26/h2-7,10-11H,8-9H2,1H3,(H,21,23)/t11-/m1/s1. The minimum atomic E-state index is -3.88. The molecule has 0 saturated heterocycles. The second-order valence-corrected chi connectivity index (χ2v) is 9.29. The summed E-state index contributed by atoms with van der Waals surface area (Å²) in [5.74, 6) is -2.93. The number of thioether (sulfide) groups is 1. The van der Waals surface area contributed by atoms with E-state index in [0.717, 1.165) is 28.2 Å². The van der Waals surface area contributed by atoms with Gasteiger partial charge in [-0.25, -0.2) is 21.5 Å². The molecule has 0 aromatic heterocycles. The fourth-order valence-corrected chi connectivity index (χ4v) is 5.19. The van der Waals surface area contributed by atoms with Crippen molar-refractivity contribution in [1.82, 2.24) is 4.31 Å². The number of rotatable bonds is 6. The highest BCUT2D eigenvalue weighted by molar-refractivity contribution is 8.00. The highest BCUT2D eigenvalue weighted by atomic mass is 32.2. The molecule has 1 atom stereocenters. The molecule has 2 aromatic rings. The first-order chi connectivity index (χ1) is 13.2. The third-order valence-electron chi connectivity index (χ3n) is 4.13. The van der Waals surface area contributed by atoms with Gasteiger partial charge in [-0.05, 0) is 31.2 Å². The smallest absolute Gasteiger partial charge is 0.269 e. The fraction of sp³-hybridized carbons (Fsp3) is 0.222. The number of halogens is 2. The lowest BCUT2D eigenvalue weighted by Gasteiger charge is -2.17. The van der Waals surface area contributed by atoms with Gasteiger partial charge >= 0.3 is 0 Å². The Labute approximate surface area is 165 Å². The molecule has 1 N–H and O–H groups in total. The first-order valence-corrected chi connectivity index (χ1v) is 10.7. The van der Waals surface area contributed by atoms with Crippen molar-refractivity contribution in [3.8, 4) is 0 Å². The van der Waals surface area contributed by atoms with Crippen molar-refractivity contribution in [1.29, 1.82) is 0 Å². The van der Waals surface area contributed by atoms with E-state index in [0.29, 0.717) is 0 Å². The molecule has 148 valence electrons. The molecule has 0 bridgehead atoms. The summed E-state index contributed by atoms with van der Waals surface area (Å²) in [5, 5.41) is 1.86. The van der Waals surface area contributed by atoms with Gasteiger partial charge in [0.15, 0.2) is 11.6 Å². The van der Waals surface area contributed by atoms with Gasteiger partial charge in [0.2, 0.25) is 5.91 Å². The van der Waals surface area contributed by atoms with E-state index in [-0.39, 0.29) is 28.4 Å². The Hall–Kier alpha value is -2.46. The van der Waals surface area contributed by atoms with E-state index in [2.05, 4.69) is 5.32 Å². The Morgan fingerprint density at radius 1 is 1.18 bits per heavy atom. The van der Waals surface area contributed by atoms with Crippen LogP contribution in [0.15, 0.2) is 47.4 Å². The largest absolute Gasteiger partial charge is 0.325 e. The van der Waals surface area contributed by atoms with Crippen molar-refractivity contribution >= 4 is 39.3 Å². The number of hydrogen-bond acceptors (Lipinski definition) is 5. The summed E-state index contributed by atoms with van der Waals surface area (Å²) in [5.41, 5.74) is 0.251. The van der Waals surface area contributed by atoms with Crippen LogP contribution in [0.2, 0.25) is 0 Å². The molecule has 1 heterocycles. The van der Waals surface area contributed by atoms with Gasteiger partial charge in [0, 0.05) is 24.1 Å². The minimum Gasteiger partial charge on any atom is -0.325 e. The molecule has 0 aliphatic carbocycles. The normalized spacial score (nSPS) is 16.0. The maximum atomic E-state index is 13.2. The summed E-state index contributed by atoms with van der Waals surface area (Å²) >= 11 is 1.14. The summed E-state index contributed by atoms with van der Waals surface area (Å²) in [6.07, 6.45) is 0. The van der Waals surface area contributed by atoms with Crippen molar-refractivity contribution in [2.45, 2.75) is 17.1 Å². The fourth-order valence-electron chi connectivity index (χ4n) is 2.66. The topological polar surface area (TPSA) is 83.6 Å². The van der Waals surface area contributed by atoms with Crippen LogP contribution >= 0.6 is 11.8 Å². The summed E-state index contributed by atoms with van der Waals surface area (Å²) in [4.78, 5) is 24.5. The number of carbonyl (C=O) groups excluding carboxylic acids is 2. The van der Waals surface area contributed by atoms with E-state index in [1.54, 1.807) is 19.1 Å². The van der Waals surface area contributed by atoms with Crippen LogP contribution in [0.4, 0.5) is 14.5 Å². The Balaban J connectivity index is 1.57. The second kappa shape index (κ2) is 7.88. The predicted octanol–water partition coefficient (Wildman–Crippen LogP) is 2.87. The van der Waals surface area contributed by atoms with E-state index >= 15 is 0 Å². The Bertz CT molecular complexity index is 1040. The maximum absolute atomic E-state index is 13.2. The quantitative estimate of drug-likeness (QED) is 0.768. The van der Waals surface area contributed by atoms with Crippen LogP contribution in [0, 0.1) is 11.6 Å². The van der Waals surface area contributed by atoms with E-state index < -0.39 is 38.7 Å². The van der Waals surface area contributed by atoms with Crippen LogP contribution in [0.1, 0.15) is 17.3 Å². The van der Waals surface area contributed by atoms with Gasteiger partial charge in [0.25, 0.3) is 15.9 Å². The zero-order valence-electron chi connectivity index (χ0n) is 14.7. The third kappa shape index (κ3) is 3.88. The highest BCUT2D eigenvalue weighted by Crippen LogP contribution is 2.30. The molecule has 0 saturated carbocycles. The van der Waals surface area contributed by atoms with Crippen molar-refractivity contribution in [2.24, 2.45) is 0 Å². The predicted molar refractivity (Wildman–Crippen MR) is 102 cm³/mol. The van der Waals surface area contributed by atoms with Gasteiger partial charge in [-0.1, -0.05) is 12.1 Å². The van der Waals surface area contributed by atoms with E-state index in [4.69, 9.17) is 0 Å². The highest BCUT2D eigenvalue weighted by Gasteiger charge is 2.40. The van der Waals surface area contributed by atoms with Gasteiger partial charge in [0.05, 0.1) is 10.8 Å². The molecular weight excluding hydrogens is 410 g/mol. The van der Waals surface area contributed by atoms with Crippen molar-refractivity contribution in [3.05, 3.63) is 59.7 Å². The molecule has 3 rings (SSSR count). The second-order valence-electron chi connectivity index (χ2n) is 6.01. The van der Waals surface area contributed by atoms with Crippen LogP contribution in [0.25, 0.3) is 0 Å². The van der Waals surface area contributed by atoms with E-state index in [1.165, 1.54) is 18.2 Å². The SMILES string of the molecule is C[C@@H](SCCN1C(=O)c2ccccc2S1(=O)=O)C(=O)Nc1ccc(F)c(F)c1. The molecule has 0 radical (unpaired) electrons. The number of sulfonamides is 1. The average Bonchev–Trinajstić information content (AvgIpc) is 2.85. The first kappa shape index (κ1) is 20.3. The molecule has 0 spiro atoms. The van der Waals surface area contributed by atoms with Gasteiger partial charge in [-0.15, -0.1) is 11.8 Å². The molecule has 1 aliphatic rings. The number of fused-ring (bicyclic) bond motifs is 1. The summed E-state index contributed by atoms with van der Waals surface area (Å²) in [7, 11) is -3.88. The van der Waals surface area contributed by atoms with E-state index in [1.807, 2.05) is 0 Å². The van der Waals surface area contributed by atoms with E-state index in [9.17, 15) is 26.8 Å². The summed E-state index contributed by atoms with van der Waals surface area (Å²) < 4.78 is 51.8. The van der Waals surface area contributed by atoms with Gasteiger partial charge in [0.1, 0.15) is 4.90 Å². The molecule has 0 unspecified atom stereocenters. The van der Waals surface area contributed by atoms with Gasteiger partial charge in [-0.3, -0.25) is 9.59 Å². The van der Waals surface area contributed by atoms with Gasteiger partial charge < -0.3 is 5.32 Å². The maximum Gasteiger partial charge on any atom is 0.269 e. The molecular formula is C18H16F2N2O4S2. The number of anilines is 1. The number of carbonyl (C=O) groups is 2. The van der Waals surface area contributed by atoms with Gasteiger partial charge in [-0.2, -0.15) is 0 Å². The summed E-state index contributed by atoms with van der Waals surface area (Å²) in [6, 6.07) is 9.00. The van der Waals surface area contributed by atoms with Crippen LogP contribution in [0.5, 0.6) is 0 Å². The van der Waals surface area contributed by atoms with Crippen molar-refractivity contribution in [3.63, 3.8) is 0 Å². The Morgan fingerprint density at radius 2 is 1.89 bits per heavy atom. The molecule has 2 amide bonds. The zero-order chi connectivity index (χ0) is 20.5. The molecule has 2 aromatic carbocycles. The first-order valence-electron chi connectivity index (χ1n) is 8.25. The molecule has 6 nitrogen and oxygen atoms in total. The average molecular weight is 426 g/mol.